The van der Waals surface area contributed by atoms with E-state index in [4.69, 9.17) is 0 Å². The number of fused-ring (bicyclic) bond motifs is 1. The average Bonchev–Trinajstić information content (AvgIpc) is 2.98. The van der Waals surface area contributed by atoms with E-state index in [1.165, 1.54) is 5.39 Å². The minimum absolute atomic E-state index is 0.00699. The summed E-state index contributed by atoms with van der Waals surface area (Å²) < 4.78 is -0.00699. The summed E-state index contributed by atoms with van der Waals surface area (Å²) in [6, 6.07) is 14.4. The van der Waals surface area contributed by atoms with Gasteiger partial charge in [-0.15, -0.1) is 23.5 Å². The van der Waals surface area contributed by atoms with Crippen LogP contribution in [0.15, 0.2) is 47.6 Å². The van der Waals surface area contributed by atoms with Gasteiger partial charge in [0.25, 0.3) is 0 Å². The molecule has 120 valence electrons. The van der Waals surface area contributed by atoms with Crippen LogP contribution in [0, 0.1) is 0 Å². The maximum Gasteiger partial charge on any atom is 0.242 e. The van der Waals surface area contributed by atoms with Gasteiger partial charge < -0.3 is 0 Å². The van der Waals surface area contributed by atoms with Gasteiger partial charge in [-0.3, -0.25) is 4.79 Å². The zero-order chi connectivity index (χ0) is 16.3. The number of benzene rings is 2. The first-order chi connectivity index (χ1) is 11.1. The van der Waals surface area contributed by atoms with Gasteiger partial charge in [-0.2, -0.15) is 5.10 Å². The number of carbonyl (C=O) groups is 1. The van der Waals surface area contributed by atoms with Gasteiger partial charge in [0, 0.05) is 17.1 Å². The predicted molar refractivity (Wildman–Crippen MR) is 102 cm³/mol. The smallest absolute Gasteiger partial charge is 0.242 e. The van der Waals surface area contributed by atoms with Crippen LogP contribution in [-0.4, -0.2) is 27.2 Å². The Labute approximate surface area is 145 Å². The van der Waals surface area contributed by atoms with Gasteiger partial charge in [0.05, 0.1) is 16.2 Å². The van der Waals surface area contributed by atoms with Crippen LogP contribution in [-0.2, 0) is 4.79 Å². The molecule has 2 aromatic rings. The summed E-state index contributed by atoms with van der Waals surface area (Å²) in [6.07, 6.45) is 0.495. The third-order valence-electron chi connectivity index (χ3n) is 3.91. The topological polar surface area (TPSA) is 41.5 Å². The number of thioether (sulfide) groups is 2. The Kier molecular flexibility index (Phi) is 4.97. The number of amides is 1. The lowest BCUT2D eigenvalue weighted by atomic mass is 10.0. The van der Waals surface area contributed by atoms with Crippen LogP contribution < -0.4 is 5.43 Å². The Bertz CT molecular complexity index is 746. The van der Waals surface area contributed by atoms with E-state index < -0.39 is 0 Å². The minimum atomic E-state index is -0.0195. The van der Waals surface area contributed by atoms with Crippen molar-refractivity contribution >= 4 is 45.9 Å². The van der Waals surface area contributed by atoms with Crippen LogP contribution in [0.5, 0.6) is 0 Å². The number of hydrogen-bond donors (Lipinski definition) is 1. The summed E-state index contributed by atoms with van der Waals surface area (Å²) in [7, 11) is 0. The Balaban J connectivity index is 1.73. The lowest BCUT2D eigenvalue weighted by molar-refractivity contribution is -0.121. The second-order valence-electron chi connectivity index (χ2n) is 5.77. The fourth-order valence-corrected chi connectivity index (χ4v) is 5.57. The van der Waals surface area contributed by atoms with E-state index in [-0.39, 0.29) is 9.99 Å². The largest absolute Gasteiger partial charge is 0.273 e. The first kappa shape index (κ1) is 16.4. The molecule has 0 radical (unpaired) electrons. The van der Waals surface area contributed by atoms with Crippen LogP contribution >= 0.6 is 23.5 Å². The van der Waals surface area contributed by atoms with Gasteiger partial charge in [0.15, 0.2) is 0 Å². The van der Waals surface area contributed by atoms with E-state index in [9.17, 15) is 4.79 Å². The van der Waals surface area contributed by atoms with E-state index in [2.05, 4.69) is 35.7 Å². The van der Waals surface area contributed by atoms with Crippen molar-refractivity contribution < 1.29 is 4.79 Å². The van der Waals surface area contributed by atoms with E-state index >= 15 is 0 Å². The number of hydrazone groups is 1. The zero-order valence-electron chi connectivity index (χ0n) is 13.3. The van der Waals surface area contributed by atoms with Crippen molar-refractivity contribution in [2.45, 2.75) is 24.3 Å². The van der Waals surface area contributed by atoms with Crippen LogP contribution in [0.2, 0.25) is 0 Å². The number of rotatable bonds is 4. The van der Waals surface area contributed by atoms with Crippen molar-refractivity contribution in [3.63, 3.8) is 0 Å². The molecule has 5 heteroatoms. The van der Waals surface area contributed by atoms with Crippen molar-refractivity contribution in [3.05, 3.63) is 48.0 Å². The Morgan fingerprint density at radius 3 is 2.65 bits per heavy atom. The zero-order valence-corrected chi connectivity index (χ0v) is 15.0. The normalized spacial score (nSPS) is 17.4. The van der Waals surface area contributed by atoms with Crippen LogP contribution in [0.3, 0.4) is 0 Å². The molecule has 0 spiro atoms. The molecule has 0 aliphatic carbocycles. The maximum atomic E-state index is 12.2. The molecule has 0 aromatic heterocycles. The number of hydrogen-bond acceptors (Lipinski definition) is 4. The Morgan fingerprint density at radius 1 is 1.17 bits per heavy atom. The number of nitrogens with zero attached hydrogens (tertiary/aromatic N) is 1. The molecule has 0 unspecified atom stereocenters. The predicted octanol–water partition coefficient (Wildman–Crippen LogP) is 4.27. The van der Waals surface area contributed by atoms with E-state index in [0.29, 0.717) is 6.42 Å². The molecule has 1 heterocycles. The molecule has 1 aliphatic rings. The molecule has 23 heavy (non-hydrogen) atoms. The van der Waals surface area contributed by atoms with Crippen molar-refractivity contribution in [3.8, 4) is 0 Å². The molecular weight excluding hydrogens is 324 g/mol. The highest BCUT2D eigenvalue weighted by molar-refractivity contribution is 8.21. The third kappa shape index (κ3) is 3.90. The first-order valence-corrected chi connectivity index (χ1v) is 9.64. The minimum Gasteiger partial charge on any atom is -0.273 e. The average molecular weight is 345 g/mol. The van der Waals surface area contributed by atoms with Gasteiger partial charge in [-0.05, 0) is 24.6 Å². The summed E-state index contributed by atoms with van der Waals surface area (Å²) in [4.78, 5) is 12.2. The number of carbonyl (C=O) groups excluding carboxylic acids is 1. The Hall–Kier alpha value is -1.46. The summed E-state index contributed by atoms with van der Waals surface area (Å²) >= 11 is 3.72. The molecule has 1 fully saturated rings. The number of nitrogens with one attached hydrogen (secondary N) is 1. The summed E-state index contributed by atoms with van der Waals surface area (Å²) in [6.45, 7) is 4.07. The second kappa shape index (κ2) is 6.97. The molecule has 3 rings (SSSR count). The quantitative estimate of drug-likeness (QED) is 0.665. The molecule has 1 N–H and O–H groups in total. The lowest BCUT2D eigenvalue weighted by Gasteiger charge is -2.19. The van der Waals surface area contributed by atoms with E-state index in [1.807, 2.05) is 54.7 Å². The summed E-state index contributed by atoms with van der Waals surface area (Å²) in [5.74, 6) is 2.22. The first-order valence-electron chi connectivity index (χ1n) is 7.67. The lowest BCUT2D eigenvalue weighted by Crippen LogP contribution is -2.26. The van der Waals surface area contributed by atoms with Gasteiger partial charge in [-0.1, -0.05) is 42.5 Å². The van der Waals surface area contributed by atoms with Crippen molar-refractivity contribution in [1.82, 2.24) is 5.43 Å². The molecule has 0 atom stereocenters. The highest BCUT2D eigenvalue weighted by Gasteiger charge is 2.32. The molecule has 0 bridgehead atoms. The fourth-order valence-electron chi connectivity index (χ4n) is 2.74. The second-order valence-corrected chi connectivity index (χ2v) is 9.22. The van der Waals surface area contributed by atoms with Crippen molar-refractivity contribution in [2.75, 3.05) is 11.5 Å². The molecule has 2 aromatic carbocycles. The standard InChI is InChI=1S/C18H20N2OS2/c1-13(15-9-5-7-14-6-3-4-8-16(14)15)19-20-17(21)12-18(2)22-10-11-23-18/h3-9H,10-12H2,1-2H3,(H,20,21)/b19-13+. The van der Waals surface area contributed by atoms with Crippen molar-refractivity contribution in [1.29, 1.82) is 0 Å². The third-order valence-corrected chi connectivity index (χ3v) is 7.20. The van der Waals surface area contributed by atoms with E-state index in [0.717, 1.165) is 28.2 Å². The summed E-state index contributed by atoms with van der Waals surface area (Å²) in [5.41, 5.74) is 4.60. The fraction of sp³-hybridized carbons (Fsp3) is 0.333. The van der Waals surface area contributed by atoms with Gasteiger partial charge in [0.2, 0.25) is 5.91 Å². The van der Waals surface area contributed by atoms with Gasteiger partial charge >= 0.3 is 0 Å². The molecule has 0 saturated carbocycles. The maximum absolute atomic E-state index is 12.2. The monoisotopic (exact) mass is 344 g/mol. The summed E-state index contributed by atoms with van der Waals surface area (Å²) in [5, 5.41) is 6.65. The van der Waals surface area contributed by atoms with Crippen LogP contribution in [0.25, 0.3) is 10.8 Å². The molecule has 1 aliphatic heterocycles. The SMILES string of the molecule is C/C(=N\NC(=O)CC1(C)SCCS1)c1cccc2ccccc12. The highest BCUT2D eigenvalue weighted by atomic mass is 32.2. The highest BCUT2D eigenvalue weighted by Crippen LogP contribution is 2.45. The van der Waals surface area contributed by atoms with Crippen LogP contribution in [0.1, 0.15) is 25.8 Å². The molecule has 3 nitrogen and oxygen atoms in total. The van der Waals surface area contributed by atoms with E-state index in [1.54, 1.807) is 0 Å². The van der Waals surface area contributed by atoms with Gasteiger partial charge in [-0.25, -0.2) is 5.43 Å². The van der Waals surface area contributed by atoms with Crippen molar-refractivity contribution in [2.24, 2.45) is 5.10 Å². The molecule has 1 saturated heterocycles. The van der Waals surface area contributed by atoms with Gasteiger partial charge in [0.1, 0.15) is 0 Å². The molecular formula is C18H20N2OS2. The Morgan fingerprint density at radius 2 is 1.87 bits per heavy atom. The molecule has 1 amide bonds. The van der Waals surface area contributed by atoms with Crippen LogP contribution in [0.4, 0.5) is 0 Å².